The van der Waals surface area contributed by atoms with Crippen LogP contribution in [0.15, 0.2) is 35.9 Å². The van der Waals surface area contributed by atoms with Crippen LogP contribution in [0, 0.1) is 0 Å². The van der Waals surface area contributed by atoms with Crippen molar-refractivity contribution >= 4 is 23.6 Å². The fourth-order valence-electron chi connectivity index (χ4n) is 3.09. The van der Waals surface area contributed by atoms with Gasteiger partial charge in [0.25, 0.3) is 0 Å². The number of aliphatic carboxylic acids is 1. The van der Waals surface area contributed by atoms with Gasteiger partial charge in [-0.05, 0) is 19.1 Å². The van der Waals surface area contributed by atoms with Gasteiger partial charge in [0.2, 0.25) is 0 Å². The minimum Gasteiger partial charge on any atom is -0.507 e. The molecule has 0 amide bonds. The van der Waals surface area contributed by atoms with Crippen LogP contribution in [0.4, 0.5) is 0 Å². The second-order valence-corrected chi connectivity index (χ2v) is 6.03. The molecule has 0 spiro atoms. The minimum absolute atomic E-state index is 0.0763. The zero-order valence-electron chi connectivity index (χ0n) is 14.2. The van der Waals surface area contributed by atoms with Gasteiger partial charge in [-0.3, -0.25) is 14.4 Å². The normalized spacial score (nSPS) is 13.2. The highest BCUT2D eigenvalue weighted by Crippen LogP contribution is 2.38. The van der Waals surface area contributed by atoms with Crippen LogP contribution in [0.3, 0.4) is 0 Å². The molecule has 2 aromatic rings. The predicted molar refractivity (Wildman–Crippen MR) is 93.9 cm³/mol. The molecule has 132 valence electrons. The van der Waals surface area contributed by atoms with Crippen molar-refractivity contribution in [2.45, 2.75) is 13.3 Å². The van der Waals surface area contributed by atoms with Crippen LogP contribution in [0.2, 0.25) is 0 Å². The summed E-state index contributed by atoms with van der Waals surface area (Å²) in [6.45, 7) is 1.61. The minimum atomic E-state index is -0.997. The SMILES string of the molecule is COc1cccc2c1C(=O)c1ccc(/C=C(\C)CC(=O)O)c(O)c1C2=O. The largest absolute Gasteiger partial charge is 0.507 e. The summed E-state index contributed by atoms with van der Waals surface area (Å²) in [4.78, 5) is 36.5. The molecule has 0 unspecified atom stereocenters. The number of carboxylic acids is 1. The molecule has 6 heteroatoms. The number of aromatic hydroxyl groups is 1. The average molecular weight is 352 g/mol. The van der Waals surface area contributed by atoms with Crippen molar-refractivity contribution in [2.75, 3.05) is 7.11 Å². The molecule has 0 saturated heterocycles. The van der Waals surface area contributed by atoms with Gasteiger partial charge in [0.15, 0.2) is 11.6 Å². The zero-order valence-corrected chi connectivity index (χ0v) is 14.2. The van der Waals surface area contributed by atoms with E-state index in [1.807, 2.05) is 0 Å². The van der Waals surface area contributed by atoms with Crippen LogP contribution < -0.4 is 4.74 Å². The van der Waals surface area contributed by atoms with Gasteiger partial charge in [-0.15, -0.1) is 0 Å². The third-order valence-electron chi connectivity index (χ3n) is 4.23. The number of phenolic OH excluding ortho intramolecular Hbond substituents is 1. The smallest absolute Gasteiger partial charge is 0.307 e. The van der Waals surface area contributed by atoms with Crippen molar-refractivity contribution < 1.29 is 29.3 Å². The summed E-state index contributed by atoms with van der Waals surface area (Å²) in [6, 6.07) is 7.67. The highest BCUT2D eigenvalue weighted by molar-refractivity contribution is 6.30. The van der Waals surface area contributed by atoms with Crippen molar-refractivity contribution in [1.82, 2.24) is 0 Å². The molecule has 0 aliphatic heterocycles. The van der Waals surface area contributed by atoms with E-state index in [4.69, 9.17) is 9.84 Å². The molecule has 0 saturated carbocycles. The lowest BCUT2D eigenvalue weighted by Crippen LogP contribution is -2.22. The van der Waals surface area contributed by atoms with Gasteiger partial charge in [-0.2, -0.15) is 0 Å². The molecule has 0 fully saturated rings. The van der Waals surface area contributed by atoms with Crippen LogP contribution in [0.5, 0.6) is 11.5 Å². The Kier molecular flexibility index (Phi) is 4.34. The van der Waals surface area contributed by atoms with Crippen LogP contribution >= 0.6 is 0 Å². The van der Waals surface area contributed by atoms with Crippen molar-refractivity contribution in [2.24, 2.45) is 0 Å². The maximum atomic E-state index is 12.9. The Bertz CT molecular complexity index is 984. The molecule has 2 N–H and O–H groups in total. The number of ketones is 2. The molecular weight excluding hydrogens is 336 g/mol. The summed E-state index contributed by atoms with van der Waals surface area (Å²) >= 11 is 0. The molecule has 1 aliphatic rings. The molecule has 1 aliphatic carbocycles. The van der Waals surface area contributed by atoms with E-state index in [0.717, 1.165) is 0 Å². The number of phenols is 1. The maximum Gasteiger partial charge on any atom is 0.307 e. The number of hydrogen-bond donors (Lipinski definition) is 2. The number of fused-ring (bicyclic) bond motifs is 2. The quantitative estimate of drug-likeness (QED) is 0.748. The van der Waals surface area contributed by atoms with Crippen molar-refractivity contribution in [3.8, 4) is 11.5 Å². The Balaban J connectivity index is 2.17. The van der Waals surface area contributed by atoms with Gasteiger partial charge in [0.05, 0.1) is 24.7 Å². The second kappa shape index (κ2) is 6.48. The lowest BCUT2D eigenvalue weighted by molar-refractivity contribution is -0.136. The Morgan fingerprint density at radius 1 is 1.08 bits per heavy atom. The summed E-state index contributed by atoms with van der Waals surface area (Å²) in [6.07, 6.45) is 1.30. The molecule has 0 aromatic heterocycles. The number of ether oxygens (including phenoxy) is 1. The number of benzene rings is 2. The third kappa shape index (κ3) is 2.75. The average Bonchev–Trinajstić information content (AvgIpc) is 2.60. The first-order valence-electron chi connectivity index (χ1n) is 7.86. The second-order valence-electron chi connectivity index (χ2n) is 6.03. The van der Waals surface area contributed by atoms with E-state index in [1.54, 1.807) is 19.1 Å². The predicted octanol–water partition coefficient (Wildman–Crippen LogP) is 3.05. The highest BCUT2D eigenvalue weighted by Gasteiger charge is 2.34. The first kappa shape index (κ1) is 17.4. The summed E-state index contributed by atoms with van der Waals surface area (Å²) in [5, 5.41) is 19.4. The Hall–Kier alpha value is -3.41. The molecule has 0 radical (unpaired) electrons. The Morgan fingerprint density at radius 2 is 1.73 bits per heavy atom. The van der Waals surface area contributed by atoms with Crippen LogP contribution in [-0.2, 0) is 4.79 Å². The van der Waals surface area contributed by atoms with Gasteiger partial charge in [-0.1, -0.05) is 29.8 Å². The fraction of sp³-hybridized carbons (Fsp3) is 0.150. The lowest BCUT2D eigenvalue weighted by Gasteiger charge is -2.21. The summed E-state index contributed by atoms with van der Waals surface area (Å²) in [5.41, 5.74) is 1.15. The van der Waals surface area contributed by atoms with Crippen molar-refractivity contribution in [3.05, 3.63) is 63.7 Å². The molecule has 3 rings (SSSR count). The molecule has 0 bridgehead atoms. The van der Waals surface area contributed by atoms with Crippen LogP contribution in [0.1, 0.15) is 50.8 Å². The summed E-state index contributed by atoms with van der Waals surface area (Å²) < 4.78 is 5.19. The van der Waals surface area contributed by atoms with E-state index in [0.29, 0.717) is 11.3 Å². The van der Waals surface area contributed by atoms with E-state index < -0.39 is 17.5 Å². The first-order valence-corrected chi connectivity index (χ1v) is 7.86. The number of methoxy groups -OCH3 is 1. The van der Waals surface area contributed by atoms with Crippen LogP contribution in [0.25, 0.3) is 6.08 Å². The maximum absolute atomic E-state index is 12.9. The first-order chi connectivity index (χ1) is 12.3. The summed E-state index contributed by atoms with van der Waals surface area (Å²) in [7, 11) is 1.42. The topological polar surface area (TPSA) is 101 Å². The third-order valence-corrected chi connectivity index (χ3v) is 4.23. The van der Waals surface area contributed by atoms with Gasteiger partial charge in [-0.25, -0.2) is 0 Å². The molecule has 0 atom stereocenters. The van der Waals surface area contributed by atoms with Gasteiger partial charge < -0.3 is 14.9 Å². The number of rotatable bonds is 4. The van der Waals surface area contributed by atoms with Gasteiger partial charge >= 0.3 is 5.97 Å². The monoisotopic (exact) mass is 352 g/mol. The van der Waals surface area contributed by atoms with Crippen molar-refractivity contribution in [3.63, 3.8) is 0 Å². The molecule has 6 nitrogen and oxygen atoms in total. The van der Waals surface area contributed by atoms with E-state index in [1.165, 1.54) is 31.4 Å². The zero-order chi connectivity index (χ0) is 19.0. The standard InChI is InChI=1S/C20H16O6/c1-10(9-15(21)22)8-11-6-7-13-17(18(11)23)20(25)12-4-3-5-14(26-2)16(12)19(13)24/h3-8,23H,9H2,1-2H3,(H,21,22)/b10-8+. The molecular formula is C20H16O6. The Morgan fingerprint density at radius 3 is 2.38 bits per heavy atom. The van der Waals surface area contributed by atoms with Gasteiger partial charge in [0, 0.05) is 16.7 Å². The molecule has 26 heavy (non-hydrogen) atoms. The van der Waals surface area contributed by atoms with Gasteiger partial charge in [0.1, 0.15) is 11.5 Å². The molecule has 2 aromatic carbocycles. The van der Waals surface area contributed by atoms with Crippen LogP contribution in [-0.4, -0.2) is 34.9 Å². The van der Waals surface area contributed by atoms with E-state index in [-0.39, 0.29) is 40.0 Å². The highest BCUT2D eigenvalue weighted by atomic mass is 16.5. The number of carbonyl (C=O) groups is 3. The van der Waals surface area contributed by atoms with Crippen molar-refractivity contribution in [1.29, 1.82) is 0 Å². The van der Waals surface area contributed by atoms with E-state index >= 15 is 0 Å². The summed E-state index contributed by atoms with van der Waals surface area (Å²) in [5.74, 6) is -1.91. The van der Waals surface area contributed by atoms with E-state index in [2.05, 4.69) is 0 Å². The lowest BCUT2D eigenvalue weighted by atomic mass is 9.82. The number of hydrogen-bond acceptors (Lipinski definition) is 5. The Labute approximate surface area is 149 Å². The fourth-order valence-corrected chi connectivity index (χ4v) is 3.09. The number of carboxylic acid groups (broad SMARTS) is 1. The van der Waals surface area contributed by atoms with E-state index in [9.17, 15) is 19.5 Å². The molecule has 0 heterocycles. The number of carbonyl (C=O) groups excluding carboxylic acids is 2.